The molecular weight excluding hydrogens is 280 g/mol. The van der Waals surface area contributed by atoms with Crippen molar-refractivity contribution in [2.75, 3.05) is 0 Å². The molecule has 2 aliphatic rings. The minimum atomic E-state index is 0.332. The Labute approximate surface area is 140 Å². The fourth-order valence-corrected chi connectivity index (χ4v) is 4.15. The second kappa shape index (κ2) is 6.86. The third kappa shape index (κ3) is 3.65. The number of hydrogen-bond acceptors (Lipinski definition) is 1. The van der Waals surface area contributed by atoms with Crippen LogP contribution in [0.3, 0.4) is 0 Å². The van der Waals surface area contributed by atoms with Gasteiger partial charge in [-0.2, -0.15) is 0 Å². The van der Waals surface area contributed by atoms with Gasteiger partial charge in [0.05, 0.1) is 0 Å². The predicted molar refractivity (Wildman–Crippen MR) is 96.3 cm³/mol. The lowest BCUT2D eigenvalue weighted by Crippen LogP contribution is -2.43. The van der Waals surface area contributed by atoms with E-state index in [9.17, 15) is 4.79 Å². The molecule has 0 aromatic heterocycles. The maximum Gasteiger partial charge on any atom is 0.155 e. The van der Waals surface area contributed by atoms with Crippen LogP contribution in [-0.2, 0) is 11.2 Å². The van der Waals surface area contributed by atoms with Gasteiger partial charge in [-0.05, 0) is 68.4 Å². The molecule has 0 saturated heterocycles. The summed E-state index contributed by atoms with van der Waals surface area (Å²) < 4.78 is 0. The molecule has 1 aromatic carbocycles. The topological polar surface area (TPSA) is 17.1 Å². The first-order chi connectivity index (χ1) is 11.1. The van der Waals surface area contributed by atoms with Crippen LogP contribution in [0.5, 0.6) is 0 Å². The molecular formula is C22H28O. The van der Waals surface area contributed by atoms with E-state index in [4.69, 9.17) is 0 Å². The quantitative estimate of drug-likeness (QED) is 0.620. The van der Waals surface area contributed by atoms with Gasteiger partial charge in [0, 0.05) is 6.42 Å². The third-order valence-corrected chi connectivity index (χ3v) is 5.98. The molecule has 0 unspecified atom stereocenters. The molecule has 2 aliphatic carbocycles. The highest BCUT2D eigenvalue weighted by Crippen LogP contribution is 2.57. The van der Waals surface area contributed by atoms with Crippen molar-refractivity contribution in [2.45, 2.75) is 58.8 Å². The number of carbonyl (C=O) groups excluding carboxylic acids is 1. The van der Waals surface area contributed by atoms with Gasteiger partial charge in [0.2, 0.25) is 0 Å². The van der Waals surface area contributed by atoms with Gasteiger partial charge < -0.3 is 0 Å². The summed E-state index contributed by atoms with van der Waals surface area (Å²) in [4.78, 5) is 11.5. The molecule has 23 heavy (non-hydrogen) atoms. The van der Waals surface area contributed by atoms with Crippen LogP contribution in [0.25, 0.3) is 0 Å². The molecule has 1 aromatic rings. The number of rotatable bonds is 6. The van der Waals surface area contributed by atoms with Crippen LogP contribution in [0, 0.1) is 11.3 Å². The van der Waals surface area contributed by atoms with E-state index in [-0.39, 0.29) is 0 Å². The molecule has 0 N–H and O–H groups in total. The number of fused-ring (bicyclic) bond motifs is 1. The normalized spacial score (nSPS) is 27.2. The largest absolute Gasteiger partial charge is 0.295 e. The Morgan fingerprint density at radius 3 is 2.83 bits per heavy atom. The van der Waals surface area contributed by atoms with Crippen molar-refractivity contribution in [3.05, 3.63) is 59.2 Å². The van der Waals surface area contributed by atoms with Gasteiger partial charge in [-0.1, -0.05) is 54.5 Å². The van der Waals surface area contributed by atoms with E-state index in [1.165, 1.54) is 29.6 Å². The highest BCUT2D eigenvalue weighted by molar-refractivity contribution is 5.92. The highest BCUT2D eigenvalue weighted by atomic mass is 16.1. The summed E-state index contributed by atoms with van der Waals surface area (Å²) in [6.07, 6.45) is 12.1. The molecule has 0 bridgehead atoms. The monoisotopic (exact) mass is 308 g/mol. The van der Waals surface area contributed by atoms with Crippen LogP contribution >= 0.6 is 0 Å². The summed E-state index contributed by atoms with van der Waals surface area (Å²) in [5.41, 5.74) is 4.70. The van der Waals surface area contributed by atoms with Gasteiger partial charge in [0.15, 0.2) is 5.78 Å². The first-order valence-electron chi connectivity index (χ1n) is 9.01. The van der Waals surface area contributed by atoms with Crippen molar-refractivity contribution >= 4 is 5.78 Å². The lowest BCUT2D eigenvalue weighted by molar-refractivity contribution is -0.116. The van der Waals surface area contributed by atoms with Gasteiger partial charge in [-0.25, -0.2) is 0 Å². The SMILES string of the molecule is C/C(=C\CCc1ccccc1)CC[C@H]1CC2=CC(=O)CC[C@@]21C. The molecule has 1 heteroatoms. The molecule has 0 heterocycles. The second-order valence-corrected chi connectivity index (χ2v) is 7.57. The van der Waals surface area contributed by atoms with E-state index >= 15 is 0 Å². The fourth-order valence-electron chi connectivity index (χ4n) is 4.15. The summed E-state index contributed by atoms with van der Waals surface area (Å²) in [7, 11) is 0. The minimum absolute atomic E-state index is 0.332. The van der Waals surface area contributed by atoms with Gasteiger partial charge in [-0.3, -0.25) is 4.79 Å². The second-order valence-electron chi connectivity index (χ2n) is 7.57. The van der Waals surface area contributed by atoms with Gasteiger partial charge >= 0.3 is 0 Å². The summed E-state index contributed by atoms with van der Waals surface area (Å²) in [6.45, 7) is 4.64. The molecule has 0 amide bonds. The highest BCUT2D eigenvalue weighted by Gasteiger charge is 2.48. The van der Waals surface area contributed by atoms with E-state index in [0.29, 0.717) is 11.2 Å². The number of allylic oxidation sites excluding steroid dienone is 4. The zero-order valence-electron chi connectivity index (χ0n) is 14.5. The molecule has 0 spiro atoms. The number of benzene rings is 1. The van der Waals surface area contributed by atoms with Crippen LogP contribution in [0.15, 0.2) is 53.6 Å². The molecule has 122 valence electrons. The van der Waals surface area contributed by atoms with Gasteiger partial charge in [0.1, 0.15) is 0 Å². The zero-order chi connectivity index (χ0) is 16.3. The molecule has 0 radical (unpaired) electrons. The smallest absolute Gasteiger partial charge is 0.155 e. The first-order valence-corrected chi connectivity index (χ1v) is 9.01. The Morgan fingerprint density at radius 2 is 2.09 bits per heavy atom. The lowest BCUT2D eigenvalue weighted by atomic mass is 9.52. The van der Waals surface area contributed by atoms with Crippen molar-refractivity contribution in [1.29, 1.82) is 0 Å². The summed E-state index contributed by atoms with van der Waals surface area (Å²) >= 11 is 0. The van der Waals surface area contributed by atoms with Crippen LogP contribution in [-0.4, -0.2) is 5.78 Å². The third-order valence-electron chi connectivity index (χ3n) is 5.98. The average Bonchev–Trinajstić information content (AvgIpc) is 2.55. The number of aryl methyl sites for hydroxylation is 1. The van der Waals surface area contributed by atoms with Crippen LogP contribution < -0.4 is 0 Å². The molecule has 1 fully saturated rings. The number of hydrogen-bond donors (Lipinski definition) is 0. The number of ketones is 1. The summed E-state index contributed by atoms with van der Waals surface area (Å²) in [5, 5.41) is 0. The van der Waals surface area contributed by atoms with Crippen LogP contribution in [0.4, 0.5) is 0 Å². The van der Waals surface area contributed by atoms with Crippen molar-refractivity contribution in [1.82, 2.24) is 0 Å². The van der Waals surface area contributed by atoms with Gasteiger partial charge in [-0.15, -0.1) is 0 Å². The van der Waals surface area contributed by atoms with E-state index in [1.54, 1.807) is 0 Å². The maximum atomic E-state index is 11.5. The Bertz CT molecular complexity index is 623. The van der Waals surface area contributed by atoms with Gasteiger partial charge in [0.25, 0.3) is 0 Å². The van der Waals surface area contributed by atoms with E-state index in [2.05, 4.69) is 50.3 Å². The maximum absolute atomic E-state index is 11.5. The van der Waals surface area contributed by atoms with Crippen molar-refractivity contribution < 1.29 is 4.79 Å². The standard InChI is InChI=1S/C22H28O/c1-17(7-6-10-18-8-4-3-5-9-18)11-12-19-15-20-16-21(23)13-14-22(19,20)2/h3-5,7-9,16,19H,6,10-15H2,1-2H3/b17-7+/t19-,22+/m0/s1. The van der Waals surface area contributed by atoms with Crippen LogP contribution in [0.2, 0.25) is 0 Å². The Hall–Kier alpha value is -1.63. The Morgan fingerprint density at radius 1 is 1.30 bits per heavy atom. The fraction of sp³-hybridized carbons (Fsp3) is 0.500. The Kier molecular flexibility index (Phi) is 4.84. The van der Waals surface area contributed by atoms with E-state index in [1.807, 2.05) is 6.08 Å². The van der Waals surface area contributed by atoms with E-state index in [0.717, 1.165) is 38.0 Å². The number of carbonyl (C=O) groups is 1. The summed E-state index contributed by atoms with van der Waals surface area (Å²) in [5.74, 6) is 1.12. The van der Waals surface area contributed by atoms with Crippen molar-refractivity contribution in [3.63, 3.8) is 0 Å². The van der Waals surface area contributed by atoms with Crippen molar-refractivity contribution in [2.24, 2.45) is 11.3 Å². The van der Waals surface area contributed by atoms with Crippen molar-refractivity contribution in [3.8, 4) is 0 Å². The predicted octanol–water partition coefficient (Wildman–Crippen LogP) is 5.66. The molecule has 2 atom stereocenters. The van der Waals surface area contributed by atoms with E-state index < -0.39 is 0 Å². The average molecular weight is 308 g/mol. The summed E-state index contributed by atoms with van der Waals surface area (Å²) in [6, 6.07) is 10.7. The van der Waals surface area contributed by atoms with Crippen LogP contribution in [0.1, 0.15) is 57.9 Å². The molecule has 3 rings (SSSR count). The zero-order valence-corrected chi connectivity index (χ0v) is 14.5. The Balaban J connectivity index is 1.45. The minimum Gasteiger partial charge on any atom is -0.295 e. The lowest BCUT2D eigenvalue weighted by Gasteiger charge is -2.52. The molecule has 0 aliphatic heterocycles. The first kappa shape index (κ1) is 16.2. The molecule has 1 nitrogen and oxygen atoms in total. The molecule has 1 saturated carbocycles.